The van der Waals surface area contributed by atoms with Crippen LogP contribution < -0.4 is 14.8 Å². The Morgan fingerprint density at radius 3 is 2.43 bits per heavy atom. The highest BCUT2D eigenvalue weighted by molar-refractivity contribution is 14.1. The van der Waals surface area contributed by atoms with E-state index in [0.29, 0.717) is 55.3 Å². The van der Waals surface area contributed by atoms with Crippen molar-refractivity contribution in [3.8, 4) is 11.5 Å². The molecule has 1 aliphatic carbocycles. The Labute approximate surface area is 216 Å². The fraction of sp³-hybridized carbons (Fsp3) is 0.269. The van der Waals surface area contributed by atoms with Crippen molar-refractivity contribution < 1.29 is 33.3 Å². The minimum absolute atomic E-state index is 0.152. The second-order valence-electron chi connectivity index (χ2n) is 7.88. The number of nitrogens with one attached hydrogen (secondary N) is 1. The Balaban J connectivity index is 1.89. The summed E-state index contributed by atoms with van der Waals surface area (Å²) in [6.45, 7) is 3.68. The van der Waals surface area contributed by atoms with Crippen molar-refractivity contribution in [2.24, 2.45) is 0 Å². The molecular formula is C26H24INO7. The van der Waals surface area contributed by atoms with Crippen LogP contribution in [0.2, 0.25) is 0 Å². The Bertz CT molecular complexity index is 1290. The highest BCUT2D eigenvalue weighted by atomic mass is 127. The third-order valence-corrected chi connectivity index (χ3v) is 6.68. The molecule has 1 atom stereocenters. The highest BCUT2D eigenvalue weighted by Gasteiger charge is 2.43. The topological polar surface area (TPSA) is 100 Å². The summed E-state index contributed by atoms with van der Waals surface area (Å²) >= 11 is 2.08. The molecule has 0 fully saturated rings. The molecule has 0 radical (unpaired) electrons. The van der Waals surface area contributed by atoms with Gasteiger partial charge in [-0.15, -0.1) is 0 Å². The quantitative estimate of drug-likeness (QED) is 0.383. The van der Waals surface area contributed by atoms with Crippen LogP contribution in [0.4, 0.5) is 0 Å². The number of benzene rings is 2. The van der Waals surface area contributed by atoms with Gasteiger partial charge in [0.2, 0.25) is 0 Å². The number of Topliss-reactive ketones (excluding diaryl/α,β-unsaturated/α-hetero) is 1. The van der Waals surface area contributed by atoms with Gasteiger partial charge in [-0.2, -0.15) is 0 Å². The lowest BCUT2D eigenvalue weighted by atomic mass is 9.79. The summed E-state index contributed by atoms with van der Waals surface area (Å²) in [5.74, 6) is -1.13. The molecule has 4 rings (SSSR count). The molecule has 0 bridgehead atoms. The van der Waals surface area contributed by atoms with Gasteiger partial charge in [-0.3, -0.25) is 4.79 Å². The van der Waals surface area contributed by atoms with Gasteiger partial charge in [0.15, 0.2) is 23.9 Å². The molecule has 1 aliphatic heterocycles. The zero-order chi connectivity index (χ0) is 25.3. The Morgan fingerprint density at radius 1 is 1.06 bits per heavy atom. The fourth-order valence-electron chi connectivity index (χ4n) is 4.39. The minimum Gasteiger partial charge on any atom is -0.490 e. The number of halogens is 1. The SMILES string of the molecule is CCOc1cc([C@H]2C(C(=O)OC)=C(C)NC3=C2C(=O)c2ccccc23)cc(I)c1OCC(=O)OC. The van der Waals surface area contributed by atoms with E-state index in [1.165, 1.54) is 14.2 Å². The van der Waals surface area contributed by atoms with Crippen molar-refractivity contribution in [2.45, 2.75) is 19.8 Å². The summed E-state index contributed by atoms with van der Waals surface area (Å²) in [6, 6.07) is 10.9. The number of allylic oxidation sites excluding steroid dienone is 2. The third kappa shape index (κ3) is 4.40. The molecule has 2 aromatic carbocycles. The van der Waals surface area contributed by atoms with E-state index in [-0.39, 0.29) is 12.4 Å². The molecule has 0 saturated heterocycles. The summed E-state index contributed by atoms with van der Waals surface area (Å²) in [6.07, 6.45) is 0. The van der Waals surface area contributed by atoms with Gasteiger partial charge < -0.3 is 24.3 Å². The van der Waals surface area contributed by atoms with Crippen molar-refractivity contribution in [2.75, 3.05) is 27.4 Å². The second-order valence-corrected chi connectivity index (χ2v) is 9.04. The number of hydrogen-bond acceptors (Lipinski definition) is 8. The molecule has 182 valence electrons. The van der Waals surface area contributed by atoms with Crippen molar-refractivity contribution in [3.63, 3.8) is 0 Å². The largest absolute Gasteiger partial charge is 0.490 e. The molecule has 8 nitrogen and oxygen atoms in total. The molecule has 1 heterocycles. The van der Waals surface area contributed by atoms with Crippen molar-refractivity contribution in [1.82, 2.24) is 5.32 Å². The van der Waals surface area contributed by atoms with Crippen molar-refractivity contribution in [1.29, 1.82) is 0 Å². The van der Waals surface area contributed by atoms with Crippen LogP contribution in [0.3, 0.4) is 0 Å². The molecule has 0 saturated carbocycles. The molecule has 0 amide bonds. The monoisotopic (exact) mass is 589 g/mol. The number of dihydropyridines is 1. The van der Waals surface area contributed by atoms with E-state index in [1.807, 2.05) is 31.2 Å². The number of esters is 2. The molecule has 9 heteroatoms. The summed E-state index contributed by atoms with van der Waals surface area (Å²) in [5.41, 5.74) is 4.12. The number of rotatable bonds is 7. The van der Waals surface area contributed by atoms with E-state index in [4.69, 9.17) is 14.2 Å². The molecule has 0 spiro atoms. The average Bonchev–Trinajstić information content (AvgIpc) is 3.13. The van der Waals surface area contributed by atoms with Gasteiger partial charge in [0.05, 0.1) is 35.7 Å². The van der Waals surface area contributed by atoms with E-state index in [0.717, 1.165) is 5.56 Å². The predicted octanol–water partition coefficient (Wildman–Crippen LogP) is 3.98. The standard InChI is InChI=1S/C26H24INO7/c1-5-34-18-11-14(10-17(27)25(18)35-12-19(29)32-3)21-20(26(31)33-4)13(2)28-23-15-8-6-7-9-16(15)24(30)22(21)23/h6-11,21,28H,5,12H2,1-4H3/t21-/m0/s1. The Kier molecular flexibility index (Phi) is 7.15. The first-order valence-electron chi connectivity index (χ1n) is 10.9. The van der Waals surface area contributed by atoms with Crippen molar-refractivity contribution in [3.05, 3.63) is 73.5 Å². The van der Waals surface area contributed by atoms with Gasteiger partial charge in [-0.05, 0) is 54.1 Å². The molecule has 1 N–H and O–H groups in total. The maximum absolute atomic E-state index is 13.6. The summed E-state index contributed by atoms with van der Waals surface area (Å²) in [5, 5.41) is 3.26. The maximum atomic E-state index is 13.6. The summed E-state index contributed by atoms with van der Waals surface area (Å²) in [4.78, 5) is 38.1. The van der Waals surface area contributed by atoms with Gasteiger partial charge >= 0.3 is 11.9 Å². The van der Waals surface area contributed by atoms with Crippen LogP contribution in [-0.4, -0.2) is 45.2 Å². The van der Waals surface area contributed by atoms with Crippen LogP contribution in [0.15, 0.2) is 53.2 Å². The Hall–Kier alpha value is -3.34. The van der Waals surface area contributed by atoms with E-state index in [9.17, 15) is 14.4 Å². The summed E-state index contributed by atoms with van der Waals surface area (Å²) in [7, 11) is 2.60. The first-order valence-corrected chi connectivity index (χ1v) is 12.0. The van der Waals surface area contributed by atoms with Crippen LogP contribution in [0.1, 0.15) is 41.3 Å². The van der Waals surface area contributed by atoms with Gasteiger partial charge in [-0.25, -0.2) is 9.59 Å². The van der Waals surface area contributed by atoms with Gasteiger partial charge in [0.25, 0.3) is 0 Å². The molecule has 0 unspecified atom stereocenters. The van der Waals surface area contributed by atoms with Crippen LogP contribution >= 0.6 is 22.6 Å². The van der Waals surface area contributed by atoms with Crippen LogP contribution in [0.25, 0.3) is 5.70 Å². The van der Waals surface area contributed by atoms with E-state index in [2.05, 4.69) is 32.6 Å². The van der Waals surface area contributed by atoms with Gasteiger partial charge in [0, 0.05) is 28.3 Å². The normalized spacial score (nSPS) is 16.4. The Morgan fingerprint density at radius 2 is 1.77 bits per heavy atom. The lowest BCUT2D eigenvalue weighted by Gasteiger charge is -2.29. The lowest BCUT2D eigenvalue weighted by molar-refractivity contribution is -0.143. The third-order valence-electron chi connectivity index (χ3n) is 5.88. The first kappa shape index (κ1) is 24.8. The zero-order valence-corrected chi connectivity index (χ0v) is 21.8. The molecule has 2 aromatic rings. The van der Waals surface area contributed by atoms with Gasteiger partial charge in [-0.1, -0.05) is 24.3 Å². The predicted molar refractivity (Wildman–Crippen MR) is 136 cm³/mol. The van der Waals surface area contributed by atoms with Crippen LogP contribution in [0, 0.1) is 3.57 Å². The molecule has 0 aromatic heterocycles. The van der Waals surface area contributed by atoms with Crippen LogP contribution in [0.5, 0.6) is 11.5 Å². The lowest BCUT2D eigenvalue weighted by Crippen LogP contribution is -2.29. The maximum Gasteiger partial charge on any atom is 0.343 e. The number of carbonyl (C=O) groups excluding carboxylic acids is 3. The van der Waals surface area contributed by atoms with Crippen molar-refractivity contribution >= 4 is 46.0 Å². The number of ketones is 1. The minimum atomic E-state index is -0.694. The summed E-state index contributed by atoms with van der Waals surface area (Å²) < 4.78 is 21.9. The zero-order valence-electron chi connectivity index (χ0n) is 19.7. The number of hydrogen-bond donors (Lipinski definition) is 1. The number of ether oxygens (including phenoxy) is 4. The number of methoxy groups -OCH3 is 2. The highest BCUT2D eigenvalue weighted by Crippen LogP contribution is 2.48. The van der Waals surface area contributed by atoms with Crippen LogP contribution in [-0.2, 0) is 19.1 Å². The molecule has 35 heavy (non-hydrogen) atoms. The van der Waals surface area contributed by atoms with E-state index < -0.39 is 17.9 Å². The molecule has 2 aliphatic rings. The molecular weight excluding hydrogens is 565 g/mol. The van der Waals surface area contributed by atoms with E-state index >= 15 is 0 Å². The average molecular weight is 589 g/mol. The smallest absolute Gasteiger partial charge is 0.343 e. The van der Waals surface area contributed by atoms with Gasteiger partial charge in [0.1, 0.15) is 0 Å². The first-order chi connectivity index (χ1) is 16.8. The number of fused-ring (bicyclic) bond motifs is 2. The fourth-order valence-corrected chi connectivity index (χ4v) is 5.17. The number of carbonyl (C=O) groups is 3. The van der Waals surface area contributed by atoms with E-state index in [1.54, 1.807) is 19.1 Å². The second kappa shape index (κ2) is 10.1.